The van der Waals surface area contributed by atoms with Crippen molar-refractivity contribution in [1.82, 2.24) is 14.8 Å². The van der Waals surface area contributed by atoms with Crippen LogP contribution in [0.15, 0.2) is 47.1 Å². The van der Waals surface area contributed by atoms with Crippen LogP contribution in [0.5, 0.6) is 11.5 Å². The molecule has 0 saturated carbocycles. The third kappa shape index (κ3) is 3.72. The second-order valence-corrected chi connectivity index (χ2v) is 8.34. The number of carbonyl (C=O) groups excluding carboxylic acids is 1. The fraction of sp³-hybridized carbons (Fsp3) is 0.318. The molecule has 7 heteroatoms. The van der Waals surface area contributed by atoms with Gasteiger partial charge in [-0.05, 0) is 29.3 Å². The van der Waals surface area contributed by atoms with Crippen molar-refractivity contribution in [3.8, 4) is 11.5 Å². The van der Waals surface area contributed by atoms with E-state index in [1.54, 1.807) is 0 Å². The van der Waals surface area contributed by atoms with Gasteiger partial charge in [-0.15, -0.1) is 0 Å². The highest BCUT2D eigenvalue weighted by Gasteiger charge is 2.23. The third-order valence-corrected chi connectivity index (χ3v) is 6.42. The van der Waals surface area contributed by atoms with E-state index in [4.69, 9.17) is 9.47 Å². The molecule has 3 heterocycles. The molecular formula is C22H22BrN3O3. The Bertz CT molecular complexity index is 1060. The fourth-order valence-electron chi connectivity index (χ4n) is 4.03. The number of aromatic amines is 1. The molecule has 2 aliphatic heterocycles. The molecular weight excluding hydrogens is 434 g/mol. The molecule has 2 aliphatic rings. The van der Waals surface area contributed by atoms with E-state index >= 15 is 0 Å². The smallest absolute Gasteiger partial charge is 0.231 e. The molecule has 0 aliphatic carbocycles. The van der Waals surface area contributed by atoms with Crippen LogP contribution in [0, 0.1) is 0 Å². The second-order valence-electron chi connectivity index (χ2n) is 7.49. The van der Waals surface area contributed by atoms with Gasteiger partial charge >= 0.3 is 0 Å². The summed E-state index contributed by atoms with van der Waals surface area (Å²) in [7, 11) is 0. The SMILES string of the molecule is O=C(Cc1c[nH]c2ccccc12)N1CCN(Cc2cc3c(cc2Br)OCO3)CC1. The summed E-state index contributed by atoms with van der Waals surface area (Å²) in [6.07, 6.45) is 2.40. The van der Waals surface area contributed by atoms with Crippen molar-refractivity contribution in [1.29, 1.82) is 0 Å². The van der Waals surface area contributed by atoms with Gasteiger partial charge in [0.25, 0.3) is 0 Å². The van der Waals surface area contributed by atoms with Crippen LogP contribution in [0.2, 0.25) is 0 Å². The van der Waals surface area contributed by atoms with E-state index in [0.717, 1.165) is 65.2 Å². The standard InChI is InChI=1S/C22H22BrN3O3/c23-18-11-21-20(28-14-29-21)9-16(18)13-25-5-7-26(8-6-25)22(27)10-15-12-24-19-4-2-1-3-17(15)19/h1-4,9,11-12,24H,5-8,10,13-14H2. The number of rotatable bonds is 4. The predicted molar refractivity (Wildman–Crippen MR) is 114 cm³/mol. The van der Waals surface area contributed by atoms with E-state index in [-0.39, 0.29) is 12.7 Å². The first-order chi connectivity index (χ1) is 14.2. The topological polar surface area (TPSA) is 57.8 Å². The summed E-state index contributed by atoms with van der Waals surface area (Å²) in [4.78, 5) is 20.4. The van der Waals surface area contributed by atoms with Crippen molar-refractivity contribution in [2.75, 3.05) is 33.0 Å². The first-order valence-electron chi connectivity index (χ1n) is 9.80. The van der Waals surface area contributed by atoms with Gasteiger partial charge in [0, 0.05) is 54.3 Å². The summed E-state index contributed by atoms with van der Waals surface area (Å²) < 4.78 is 11.9. The van der Waals surface area contributed by atoms with Gasteiger partial charge in [0.05, 0.1) is 6.42 Å². The molecule has 1 amide bonds. The lowest BCUT2D eigenvalue weighted by Gasteiger charge is -2.35. The van der Waals surface area contributed by atoms with E-state index in [0.29, 0.717) is 6.42 Å². The van der Waals surface area contributed by atoms with Gasteiger partial charge in [-0.2, -0.15) is 0 Å². The van der Waals surface area contributed by atoms with Gasteiger partial charge in [-0.3, -0.25) is 9.69 Å². The van der Waals surface area contributed by atoms with Crippen LogP contribution in [0.1, 0.15) is 11.1 Å². The average molecular weight is 456 g/mol. The number of amides is 1. The normalized spacial score (nSPS) is 16.5. The molecule has 0 atom stereocenters. The van der Waals surface area contributed by atoms with Crippen molar-refractivity contribution in [3.05, 3.63) is 58.2 Å². The number of ether oxygens (including phenoxy) is 2. The highest BCUT2D eigenvalue weighted by atomic mass is 79.9. The molecule has 2 aromatic carbocycles. The minimum absolute atomic E-state index is 0.193. The number of benzene rings is 2. The molecule has 0 spiro atoms. The lowest BCUT2D eigenvalue weighted by Crippen LogP contribution is -2.48. The monoisotopic (exact) mass is 455 g/mol. The summed E-state index contributed by atoms with van der Waals surface area (Å²) in [5, 5.41) is 1.13. The number of nitrogens with one attached hydrogen (secondary N) is 1. The zero-order chi connectivity index (χ0) is 19.8. The lowest BCUT2D eigenvalue weighted by molar-refractivity contribution is -0.132. The number of H-pyrrole nitrogens is 1. The average Bonchev–Trinajstić information content (AvgIpc) is 3.35. The number of hydrogen-bond donors (Lipinski definition) is 1. The number of piperazine rings is 1. The summed E-state index contributed by atoms with van der Waals surface area (Å²) in [6.45, 7) is 4.33. The van der Waals surface area contributed by atoms with Gasteiger partial charge in [-0.25, -0.2) is 0 Å². The Morgan fingerprint density at radius 3 is 2.62 bits per heavy atom. The molecule has 0 unspecified atom stereocenters. The van der Waals surface area contributed by atoms with Crippen LogP contribution in [-0.4, -0.2) is 53.7 Å². The molecule has 3 aromatic rings. The molecule has 1 N–H and O–H groups in total. The van der Waals surface area contributed by atoms with Crippen molar-refractivity contribution >= 4 is 32.7 Å². The summed E-state index contributed by atoms with van der Waals surface area (Å²) in [5.74, 6) is 1.78. The van der Waals surface area contributed by atoms with Gasteiger partial charge in [0.1, 0.15) is 0 Å². The summed E-state index contributed by atoms with van der Waals surface area (Å²) in [6, 6.07) is 12.1. The highest BCUT2D eigenvalue weighted by Crippen LogP contribution is 2.37. The van der Waals surface area contributed by atoms with E-state index in [9.17, 15) is 4.79 Å². The molecule has 0 bridgehead atoms. The van der Waals surface area contributed by atoms with Crippen molar-refractivity contribution in [2.24, 2.45) is 0 Å². The maximum atomic E-state index is 12.8. The van der Waals surface area contributed by atoms with Crippen LogP contribution >= 0.6 is 15.9 Å². The van der Waals surface area contributed by atoms with Gasteiger partial charge in [0.2, 0.25) is 12.7 Å². The Morgan fingerprint density at radius 2 is 1.79 bits per heavy atom. The van der Waals surface area contributed by atoms with Crippen LogP contribution in [0.25, 0.3) is 10.9 Å². The molecule has 150 valence electrons. The minimum atomic E-state index is 0.193. The van der Waals surface area contributed by atoms with Gasteiger partial charge in [-0.1, -0.05) is 34.1 Å². The zero-order valence-electron chi connectivity index (χ0n) is 16.0. The molecule has 1 fully saturated rings. The zero-order valence-corrected chi connectivity index (χ0v) is 17.6. The number of aromatic nitrogens is 1. The number of fused-ring (bicyclic) bond motifs is 2. The van der Waals surface area contributed by atoms with E-state index < -0.39 is 0 Å². The molecule has 6 nitrogen and oxygen atoms in total. The molecule has 5 rings (SSSR count). The molecule has 0 radical (unpaired) electrons. The Hall–Kier alpha value is -2.51. The van der Waals surface area contributed by atoms with Crippen molar-refractivity contribution < 1.29 is 14.3 Å². The van der Waals surface area contributed by atoms with E-state index in [2.05, 4.69) is 31.9 Å². The molecule has 29 heavy (non-hydrogen) atoms. The van der Waals surface area contributed by atoms with Crippen LogP contribution < -0.4 is 9.47 Å². The number of para-hydroxylation sites is 1. The number of hydrogen-bond acceptors (Lipinski definition) is 4. The molecule has 1 aromatic heterocycles. The Balaban J connectivity index is 1.19. The Kier molecular flexibility index (Phi) is 4.93. The molecule has 1 saturated heterocycles. The van der Waals surface area contributed by atoms with Gasteiger partial charge < -0.3 is 19.4 Å². The van der Waals surface area contributed by atoms with E-state index in [1.807, 2.05) is 41.4 Å². The lowest BCUT2D eigenvalue weighted by atomic mass is 10.1. The van der Waals surface area contributed by atoms with Gasteiger partial charge in [0.15, 0.2) is 11.5 Å². The first-order valence-corrected chi connectivity index (χ1v) is 10.6. The predicted octanol–water partition coefficient (Wildman–Crippen LogP) is 3.55. The van der Waals surface area contributed by atoms with Crippen LogP contribution in [0.4, 0.5) is 0 Å². The number of carbonyl (C=O) groups is 1. The van der Waals surface area contributed by atoms with Crippen molar-refractivity contribution in [3.63, 3.8) is 0 Å². The maximum absolute atomic E-state index is 12.8. The quantitative estimate of drug-likeness (QED) is 0.653. The second kappa shape index (κ2) is 7.72. The Morgan fingerprint density at radius 1 is 1.03 bits per heavy atom. The summed E-state index contributed by atoms with van der Waals surface area (Å²) >= 11 is 3.64. The Labute approximate surface area is 177 Å². The van der Waals surface area contributed by atoms with E-state index in [1.165, 1.54) is 5.56 Å². The van der Waals surface area contributed by atoms with Crippen LogP contribution in [-0.2, 0) is 17.8 Å². The maximum Gasteiger partial charge on any atom is 0.231 e. The third-order valence-electron chi connectivity index (χ3n) is 5.68. The summed E-state index contributed by atoms with van der Waals surface area (Å²) in [5.41, 5.74) is 3.32. The first kappa shape index (κ1) is 18.5. The number of nitrogens with zero attached hydrogens (tertiary/aromatic N) is 2. The number of halogens is 1. The minimum Gasteiger partial charge on any atom is -0.454 e. The highest BCUT2D eigenvalue weighted by molar-refractivity contribution is 9.10. The fourth-order valence-corrected chi connectivity index (χ4v) is 4.48. The van der Waals surface area contributed by atoms with Crippen molar-refractivity contribution in [2.45, 2.75) is 13.0 Å². The van der Waals surface area contributed by atoms with Crippen LogP contribution in [0.3, 0.4) is 0 Å². The largest absolute Gasteiger partial charge is 0.454 e.